The molecule has 2 aromatic rings. The van der Waals surface area contributed by atoms with Crippen LogP contribution in [0.15, 0.2) is 33.4 Å². The number of rotatable bonds is 3. The van der Waals surface area contributed by atoms with Crippen molar-refractivity contribution in [3.63, 3.8) is 0 Å². The Morgan fingerprint density at radius 1 is 1.30 bits per heavy atom. The first-order valence-corrected chi connectivity index (χ1v) is 8.08. The van der Waals surface area contributed by atoms with Gasteiger partial charge in [0.15, 0.2) is 0 Å². The zero-order valence-electron chi connectivity index (χ0n) is 10.5. The molecule has 0 saturated carbocycles. The maximum atomic E-state index is 12.1. The molecular weight excluding hydrogens is 383 g/mol. The minimum Gasteiger partial charge on any atom is -0.323 e. The summed E-state index contributed by atoms with van der Waals surface area (Å²) in [5.41, 5.74) is 1.65. The van der Waals surface area contributed by atoms with Crippen LogP contribution in [0.5, 0.6) is 0 Å². The first-order chi connectivity index (χ1) is 9.44. The average molecular weight is 394 g/mol. The number of carbonyl (C=O) groups is 1. The normalized spacial score (nSPS) is 10.4. The predicted molar refractivity (Wildman–Crippen MR) is 89.0 cm³/mol. The molecule has 0 saturated heterocycles. The van der Waals surface area contributed by atoms with Gasteiger partial charge in [-0.15, -0.1) is 11.3 Å². The standard InChI is InChI=1S/C13H11BrCl2N2OS/c1-18(6-8-2-12(14)20-7-8)13(19)17-11-4-9(15)3-10(16)5-11/h2-5,7H,6H2,1H3,(H,17,19). The van der Waals surface area contributed by atoms with Gasteiger partial charge < -0.3 is 10.2 Å². The van der Waals surface area contributed by atoms with E-state index < -0.39 is 0 Å². The fourth-order valence-corrected chi connectivity index (χ4v) is 3.35. The highest BCUT2D eigenvalue weighted by Crippen LogP contribution is 2.24. The summed E-state index contributed by atoms with van der Waals surface area (Å²) in [4.78, 5) is 13.7. The van der Waals surface area contributed by atoms with Crippen molar-refractivity contribution in [2.45, 2.75) is 6.54 Å². The zero-order valence-corrected chi connectivity index (χ0v) is 14.4. The van der Waals surface area contributed by atoms with Crippen LogP contribution < -0.4 is 5.32 Å². The molecule has 0 fully saturated rings. The topological polar surface area (TPSA) is 32.3 Å². The molecule has 106 valence electrons. The van der Waals surface area contributed by atoms with Gasteiger partial charge in [0.2, 0.25) is 0 Å². The summed E-state index contributed by atoms with van der Waals surface area (Å²) in [5.74, 6) is 0. The van der Waals surface area contributed by atoms with Crippen LogP contribution in [0.2, 0.25) is 10.0 Å². The van der Waals surface area contributed by atoms with Crippen molar-refractivity contribution in [2.75, 3.05) is 12.4 Å². The molecule has 1 heterocycles. The molecular formula is C13H11BrCl2N2OS. The number of urea groups is 1. The first-order valence-electron chi connectivity index (χ1n) is 5.65. The van der Waals surface area contributed by atoms with E-state index in [1.165, 1.54) is 0 Å². The molecule has 2 amide bonds. The molecule has 0 unspecified atom stereocenters. The number of amides is 2. The van der Waals surface area contributed by atoms with Crippen LogP contribution in [0.4, 0.5) is 10.5 Å². The number of benzene rings is 1. The third-order valence-corrected chi connectivity index (χ3v) is 4.49. The number of carbonyl (C=O) groups excluding carboxylic acids is 1. The smallest absolute Gasteiger partial charge is 0.321 e. The van der Waals surface area contributed by atoms with E-state index in [1.54, 1.807) is 41.5 Å². The molecule has 20 heavy (non-hydrogen) atoms. The van der Waals surface area contributed by atoms with Gasteiger partial charge in [-0.25, -0.2) is 4.79 Å². The zero-order chi connectivity index (χ0) is 14.7. The quantitative estimate of drug-likeness (QED) is 0.735. The lowest BCUT2D eigenvalue weighted by atomic mass is 10.3. The summed E-state index contributed by atoms with van der Waals surface area (Å²) in [5, 5.41) is 5.73. The number of halogens is 3. The van der Waals surface area contributed by atoms with E-state index in [0.717, 1.165) is 9.35 Å². The van der Waals surface area contributed by atoms with Crippen LogP contribution >= 0.6 is 50.5 Å². The number of hydrogen-bond donors (Lipinski definition) is 1. The summed E-state index contributed by atoms with van der Waals surface area (Å²) in [6, 6.07) is 6.70. The van der Waals surface area contributed by atoms with Crippen molar-refractivity contribution in [3.8, 4) is 0 Å². The lowest BCUT2D eigenvalue weighted by Crippen LogP contribution is -2.30. The molecule has 0 radical (unpaired) electrons. The lowest BCUT2D eigenvalue weighted by Gasteiger charge is -2.17. The Kier molecular flexibility index (Phi) is 5.32. The second-order valence-electron chi connectivity index (χ2n) is 4.20. The van der Waals surface area contributed by atoms with Gasteiger partial charge in [-0.2, -0.15) is 0 Å². The van der Waals surface area contributed by atoms with E-state index in [2.05, 4.69) is 21.2 Å². The molecule has 1 aromatic heterocycles. The molecule has 0 aliphatic heterocycles. The van der Waals surface area contributed by atoms with Gasteiger partial charge in [-0.3, -0.25) is 0 Å². The van der Waals surface area contributed by atoms with Crippen LogP contribution in [0.3, 0.4) is 0 Å². The Bertz CT molecular complexity index is 612. The summed E-state index contributed by atoms with van der Waals surface area (Å²) in [6.07, 6.45) is 0. The highest BCUT2D eigenvalue weighted by Gasteiger charge is 2.11. The first kappa shape index (κ1) is 15.6. The highest BCUT2D eigenvalue weighted by atomic mass is 79.9. The Morgan fingerprint density at radius 2 is 1.95 bits per heavy atom. The Hall–Kier alpha value is -0.750. The fourth-order valence-electron chi connectivity index (χ4n) is 1.62. The third-order valence-electron chi connectivity index (χ3n) is 2.50. The number of anilines is 1. The van der Waals surface area contributed by atoms with Crippen molar-refractivity contribution in [1.82, 2.24) is 4.90 Å². The van der Waals surface area contributed by atoms with Gasteiger partial charge in [-0.05, 0) is 51.1 Å². The number of nitrogens with zero attached hydrogens (tertiary/aromatic N) is 1. The van der Waals surface area contributed by atoms with Crippen molar-refractivity contribution in [1.29, 1.82) is 0 Å². The monoisotopic (exact) mass is 392 g/mol. The Labute approximate surface area is 139 Å². The molecule has 2 rings (SSSR count). The summed E-state index contributed by atoms with van der Waals surface area (Å²) in [6.45, 7) is 0.530. The largest absolute Gasteiger partial charge is 0.323 e. The SMILES string of the molecule is CN(Cc1csc(Br)c1)C(=O)Nc1cc(Cl)cc(Cl)c1. The number of hydrogen-bond acceptors (Lipinski definition) is 2. The van der Waals surface area contributed by atoms with E-state index in [9.17, 15) is 4.79 Å². The van der Waals surface area contributed by atoms with Crippen LogP contribution in [-0.2, 0) is 6.54 Å². The van der Waals surface area contributed by atoms with Crippen LogP contribution in [0.25, 0.3) is 0 Å². The molecule has 0 atom stereocenters. The molecule has 7 heteroatoms. The maximum absolute atomic E-state index is 12.1. The number of thiophene rings is 1. The summed E-state index contributed by atoms with van der Waals surface area (Å²) in [7, 11) is 1.73. The second-order valence-corrected chi connectivity index (χ2v) is 7.37. The molecule has 1 aromatic carbocycles. The molecule has 0 spiro atoms. The summed E-state index contributed by atoms with van der Waals surface area (Å²) < 4.78 is 1.04. The minimum atomic E-state index is -0.217. The van der Waals surface area contributed by atoms with E-state index in [4.69, 9.17) is 23.2 Å². The van der Waals surface area contributed by atoms with Crippen LogP contribution in [-0.4, -0.2) is 18.0 Å². The molecule has 3 nitrogen and oxygen atoms in total. The van der Waals surface area contributed by atoms with Crippen molar-refractivity contribution < 1.29 is 4.79 Å². The van der Waals surface area contributed by atoms with Gasteiger partial charge in [0.1, 0.15) is 0 Å². The van der Waals surface area contributed by atoms with Gasteiger partial charge in [-0.1, -0.05) is 23.2 Å². The second kappa shape index (κ2) is 6.80. The van der Waals surface area contributed by atoms with Crippen LogP contribution in [0, 0.1) is 0 Å². The van der Waals surface area contributed by atoms with E-state index in [0.29, 0.717) is 22.3 Å². The van der Waals surface area contributed by atoms with E-state index in [-0.39, 0.29) is 6.03 Å². The van der Waals surface area contributed by atoms with Gasteiger partial charge in [0, 0.05) is 29.3 Å². The lowest BCUT2D eigenvalue weighted by molar-refractivity contribution is 0.221. The predicted octanol–water partition coefficient (Wildman–Crippen LogP) is 5.48. The third kappa shape index (κ3) is 4.38. The summed E-state index contributed by atoms with van der Waals surface area (Å²) >= 11 is 16.8. The molecule has 1 N–H and O–H groups in total. The van der Waals surface area contributed by atoms with Gasteiger partial charge in [0.25, 0.3) is 0 Å². The highest BCUT2D eigenvalue weighted by molar-refractivity contribution is 9.11. The van der Waals surface area contributed by atoms with Crippen molar-refractivity contribution in [3.05, 3.63) is 49.0 Å². The number of nitrogens with one attached hydrogen (secondary N) is 1. The van der Waals surface area contributed by atoms with E-state index in [1.807, 2.05) is 11.4 Å². The molecule has 0 aliphatic rings. The van der Waals surface area contributed by atoms with Gasteiger partial charge >= 0.3 is 6.03 Å². The van der Waals surface area contributed by atoms with Crippen molar-refractivity contribution in [2.24, 2.45) is 0 Å². The Morgan fingerprint density at radius 3 is 2.50 bits per heavy atom. The Balaban J connectivity index is 2.00. The molecule has 0 bridgehead atoms. The van der Waals surface area contributed by atoms with Crippen LogP contribution in [0.1, 0.15) is 5.56 Å². The van der Waals surface area contributed by atoms with Gasteiger partial charge in [0.05, 0.1) is 3.79 Å². The average Bonchev–Trinajstić information content (AvgIpc) is 2.73. The van der Waals surface area contributed by atoms with E-state index >= 15 is 0 Å². The molecule has 0 aliphatic carbocycles. The maximum Gasteiger partial charge on any atom is 0.321 e. The minimum absolute atomic E-state index is 0.217. The fraction of sp³-hybridized carbons (Fsp3) is 0.154. The van der Waals surface area contributed by atoms with Crippen molar-refractivity contribution >= 4 is 62.2 Å².